The lowest BCUT2D eigenvalue weighted by molar-refractivity contribution is -0.151. The second-order valence-electron chi connectivity index (χ2n) is 5.94. The third-order valence-corrected chi connectivity index (χ3v) is 4.26. The number of nitrogens with zero attached hydrogens (tertiary/aromatic N) is 2. The molecule has 19 heavy (non-hydrogen) atoms. The van der Waals surface area contributed by atoms with Crippen LogP contribution in [-0.4, -0.2) is 60.9 Å². The van der Waals surface area contributed by atoms with Gasteiger partial charge in [0.15, 0.2) is 0 Å². The summed E-state index contributed by atoms with van der Waals surface area (Å²) in [5.74, 6) is 0.510. The smallest absolute Gasteiger partial charge is 0.312 e. The average Bonchev–Trinajstić information content (AvgIpc) is 2.73. The Morgan fingerprint density at radius 2 is 1.79 bits per heavy atom. The summed E-state index contributed by atoms with van der Waals surface area (Å²) in [6.07, 6.45) is 1.95. The third-order valence-electron chi connectivity index (χ3n) is 4.26. The van der Waals surface area contributed by atoms with Crippen LogP contribution in [0, 0.1) is 11.8 Å². The number of likely N-dealkylation sites (tertiary alicyclic amines) is 1. The molecule has 0 saturated carbocycles. The fourth-order valence-electron chi connectivity index (χ4n) is 2.84. The van der Waals surface area contributed by atoms with Gasteiger partial charge in [-0.2, -0.15) is 0 Å². The van der Waals surface area contributed by atoms with Crippen LogP contribution in [0.1, 0.15) is 26.7 Å². The number of amides is 2. The maximum absolute atomic E-state index is 12.2. The lowest BCUT2D eigenvalue weighted by atomic mass is 9.95. The van der Waals surface area contributed by atoms with Crippen molar-refractivity contribution in [2.75, 3.05) is 39.3 Å². The Kier molecular flexibility index (Phi) is 4.80. The molecule has 0 aromatic heterocycles. The summed E-state index contributed by atoms with van der Waals surface area (Å²) in [5.41, 5.74) is 0. The first-order chi connectivity index (χ1) is 9.09. The SMILES string of the molecule is CC(C)C1CCN(C(=O)C(=O)N2CCCNCC2)C1. The van der Waals surface area contributed by atoms with Gasteiger partial charge in [0.2, 0.25) is 0 Å². The fraction of sp³-hybridized carbons (Fsp3) is 0.857. The predicted octanol–water partition coefficient (Wildman–Crippen LogP) is 0.313. The highest BCUT2D eigenvalue weighted by Crippen LogP contribution is 2.23. The Labute approximate surface area is 115 Å². The van der Waals surface area contributed by atoms with E-state index < -0.39 is 0 Å². The molecule has 2 aliphatic heterocycles. The minimum Gasteiger partial charge on any atom is -0.334 e. The standard InChI is InChI=1S/C14H25N3O2/c1-11(2)12-4-8-17(10-12)14(19)13(18)16-7-3-5-15-6-9-16/h11-12,15H,3-10H2,1-2H3. The molecule has 0 aromatic carbocycles. The van der Waals surface area contributed by atoms with E-state index in [1.165, 1.54) is 0 Å². The van der Waals surface area contributed by atoms with Crippen LogP contribution in [0.5, 0.6) is 0 Å². The van der Waals surface area contributed by atoms with Crippen LogP contribution >= 0.6 is 0 Å². The number of carbonyl (C=O) groups is 2. The Balaban J connectivity index is 1.90. The van der Waals surface area contributed by atoms with Crippen molar-refractivity contribution < 1.29 is 9.59 Å². The summed E-state index contributed by atoms with van der Waals surface area (Å²) in [6.45, 7) is 8.89. The summed E-state index contributed by atoms with van der Waals surface area (Å²) in [6, 6.07) is 0. The quantitative estimate of drug-likeness (QED) is 0.696. The van der Waals surface area contributed by atoms with Crippen molar-refractivity contribution in [2.24, 2.45) is 11.8 Å². The largest absolute Gasteiger partial charge is 0.334 e. The number of hydrogen-bond donors (Lipinski definition) is 1. The molecule has 0 spiro atoms. The maximum Gasteiger partial charge on any atom is 0.312 e. The molecule has 2 fully saturated rings. The van der Waals surface area contributed by atoms with Gasteiger partial charge in [0.1, 0.15) is 0 Å². The molecule has 5 nitrogen and oxygen atoms in total. The Morgan fingerprint density at radius 1 is 1.05 bits per heavy atom. The molecule has 1 N–H and O–H groups in total. The van der Waals surface area contributed by atoms with Gasteiger partial charge in [0.25, 0.3) is 0 Å². The molecule has 2 amide bonds. The summed E-state index contributed by atoms with van der Waals surface area (Å²) in [5, 5.41) is 3.24. The van der Waals surface area contributed by atoms with Crippen LogP contribution in [0.4, 0.5) is 0 Å². The zero-order chi connectivity index (χ0) is 13.8. The number of rotatable bonds is 1. The van der Waals surface area contributed by atoms with Gasteiger partial charge < -0.3 is 15.1 Å². The molecule has 0 aromatic rings. The monoisotopic (exact) mass is 267 g/mol. The fourth-order valence-corrected chi connectivity index (χ4v) is 2.84. The molecule has 0 aliphatic carbocycles. The van der Waals surface area contributed by atoms with E-state index in [1.807, 2.05) is 0 Å². The van der Waals surface area contributed by atoms with Gasteiger partial charge in [-0.1, -0.05) is 13.8 Å². The molecule has 2 heterocycles. The molecule has 2 saturated heterocycles. The predicted molar refractivity (Wildman–Crippen MR) is 73.6 cm³/mol. The maximum atomic E-state index is 12.2. The van der Waals surface area contributed by atoms with E-state index in [9.17, 15) is 9.59 Å². The zero-order valence-corrected chi connectivity index (χ0v) is 12.0. The van der Waals surface area contributed by atoms with Gasteiger partial charge in [-0.15, -0.1) is 0 Å². The van der Waals surface area contributed by atoms with Crippen molar-refractivity contribution in [3.8, 4) is 0 Å². The molecule has 2 rings (SSSR count). The summed E-state index contributed by atoms with van der Waals surface area (Å²) in [4.78, 5) is 27.9. The highest BCUT2D eigenvalue weighted by atomic mass is 16.2. The van der Waals surface area contributed by atoms with E-state index in [2.05, 4.69) is 19.2 Å². The first-order valence-corrected chi connectivity index (χ1v) is 7.38. The van der Waals surface area contributed by atoms with Crippen LogP contribution in [-0.2, 0) is 9.59 Å². The number of nitrogens with one attached hydrogen (secondary N) is 1. The highest BCUT2D eigenvalue weighted by molar-refractivity contribution is 6.34. The van der Waals surface area contributed by atoms with E-state index in [0.29, 0.717) is 24.9 Å². The minimum atomic E-state index is -0.312. The van der Waals surface area contributed by atoms with Crippen molar-refractivity contribution in [1.82, 2.24) is 15.1 Å². The second kappa shape index (κ2) is 6.37. The van der Waals surface area contributed by atoms with Crippen LogP contribution in [0.15, 0.2) is 0 Å². The van der Waals surface area contributed by atoms with Crippen molar-refractivity contribution in [3.63, 3.8) is 0 Å². The molecule has 0 bridgehead atoms. The zero-order valence-electron chi connectivity index (χ0n) is 12.0. The summed E-state index contributed by atoms with van der Waals surface area (Å²) < 4.78 is 0. The minimum absolute atomic E-state index is 0.301. The van der Waals surface area contributed by atoms with Crippen LogP contribution in [0.25, 0.3) is 0 Å². The molecule has 2 aliphatic rings. The molecule has 0 radical (unpaired) electrons. The average molecular weight is 267 g/mol. The Bertz CT molecular complexity index is 336. The Morgan fingerprint density at radius 3 is 2.47 bits per heavy atom. The summed E-state index contributed by atoms with van der Waals surface area (Å²) in [7, 11) is 0. The molecule has 108 valence electrons. The second-order valence-corrected chi connectivity index (χ2v) is 5.94. The highest BCUT2D eigenvalue weighted by Gasteiger charge is 2.33. The number of hydrogen-bond acceptors (Lipinski definition) is 3. The van der Waals surface area contributed by atoms with E-state index in [0.717, 1.165) is 39.0 Å². The first kappa shape index (κ1) is 14.3. The molecule has 1 atom stereocenters. The topological polar surface area (TPSA) is 52.7 Å². The lowest BCUT2D eigenvalue weighted by Gasteiger charge is -2.23. The van der Waals surface area contributed by atoms with E-state index >= 15 is 0 Å². The van der Waals surface area contributed by atoms with E-state index in [1.54, 1.807) is 9.80 Å². The van der Waals surface area contributed by atoms with Gasteiger partial charge in [-0.05, 0) is 31.2 Å². The van der Waals surface area contributed by atoms with Gasteiger partial charge in [-0.3, -0.25) is 9.59 Å². The van der Waals surface area contributed by atoms with Gasteiger partial charge in [0.05, 0.1) is 0 Å². The van der Waals surface area contributed by atoms with E-state index in [4.69, 9.17) is 0 Å². The van der Waals surface area contributed by atoms with Crippen LogP contribution < -0.4 is 5.32 Å². The molecular weight excluding hydrogens is 242 g/mol. The molecular formula is C14H25N3O2. The normalized spacial score (nSPS) is 24.7. The summed E-state index contributed by atoms with van der Waals surface area (Å²) >= 11 is 0. The van der Waals surface area contributed by atoms with Crippen molar-refractivity contribution in [1.29, 1.82) is 0 Å². The van der Waals surface area contributed by atoms with E-state index in [-0.39, 0.29) is 11.8 Å². The van der Waals surface area contributed by atoms with Crippen LogP contribution in [0.3, 0.4) is 0 Å². The van der Waals surface area contributed by atoms with Crippen LogP contribution in [0.2, 0.25) is 0 Å². The first-order valence-electron chi connectivity index (χ1n) is 7.38. The third kappa shape index (κ3) is 3.47. The lowest BCUT2D eigenvalue weighted by Crippen LogP contribution is -2.45. The Hall–Kier alpha value is -1.10. The van der Waals surface area contributed by atoms with Crippen molar-refractivity contribution >= 4 is 11.8 Å². The van der Waals surface area contributed by atoms with Gasteiger partial charge in [0, 0.05) is 32.7 Å². The molecule has 5 heteroatoms. The van der Waals surface area contributed by atoms with Crippen molar-refractivity contribution in [3.05, 3.63) is 0 Å². The van der Waals surface area contributed by atoms with Gasteiger partial charge in [-0.25, -0.2) is 0 Å². The van der Waals surface area contributed by atoms with Crippen molar-refractivity contribution in [2.45, 2.75) is 26.7 Å². The molecule has 1 unspecified atom stereocenters. The number of carbonyl (C=O) groups excluding carboxylic acids is 2. The van der Waals surface area contributed by atoms with Gasteiger partial charge >= 0.3 is 11.8 Å².